The molecular formula is C10H19NO. The Bertz CT molecular complexity index is 148. The molecule has 1 amide bonds. The molecule has 2 nitrogen and oxygen atoms in total. The van der Waals surface area contributed by atoms with Crippen LogP contribution in [0.25, 0.3) is 0 Å². The summed E-state index contributed by atoms with van der Waals surface area (Å²) < 4.78 is 0. The summed E-state index contributed by atoms with van der Waals surface area (Å²) in [7, 11) is 0. The van der Waals surface area contributed by atoms with Crippen LogP contribution in [0, 0.1) is 11.8 Å². The minimum atomic E-state index is 0.131. The highest BCUT2D eigenvalue weighted by molar-refractivity contribution is 5.77. The molecule has 1 N–H and O–H groups in total. The van der Waals surface area contributed by atoms with Crippen LogP contribution in [0.4, 0.5) is 0 Å². The molecule has 0 spiro atoms. The summed E-state index contributed by atoms with van der Waals surface area (Å²) in [4.78, 5) is 11.2. The zero-order chi connectivity index (χ0) is 8.97. The summed E-state index contributed by atoms with van der Waals surface area (Å²) in [6.07, 6.45) is 5.31. The Morgan fingerprint density at radius 1 is 1.42 bits per heavy atom. The first kappa shape index (κ1) is 9.56. The lowest BCUT2D eigenvalue weighted by Gasteiger charge is -2.11. The first-order valence-corrected chi connectivity index (χ1v) is 4.98. The second-order valence-electron chi connectivity index (χ2n) is 4.05. The van der Waals surface area contributed by atoms with Crippen molar-refractivity contribution >= 4 is 5.91 Å². The maximum atomic E-state index is 11.2. The standard InChI is InChI=1S/C10H19NO/c1-8(2)10(12)11-7-9-5-3-4-6-9/h8-9H,3-7H2,1-2H3,(H,11,12). The predicted molar refractivity (Wildman–Crippen MR) is 49.8 cm³/mol. The van der Waals surface area contributed by atoms with Gasteiger partial charge in [0.1, 0.15) is 0 Å². The molecule has 2 heteroatoms. The lowest BCUT2D eigenvalue weighted by molar-refractivity contribution is -0.124. The van der Waals surface area contributed by atoms with E-state index in [0.29, 0.717) is 0 Å². The normalized spacial score (nSPS) is 18.6. The Balaban J connectivity index is 2.12. The molecule has 0 bridgehead atoms. The number of amides is 1. The molecule has 0 aromatic carbocycles. The molecule has 0 aliphatic heterocycles. The van der Waals surface area contributed by atoms with Crippen LogP contribution in [-0.4, -0.2) is 12.5 Å². The van der Waals surface area contributed by atoms with E-state index < -0.39 is 0 Å². The second-order valence-corrected chi connectivity index (χ2v) is 4.05. The molecule has 0 unspecified atom stereocenters. The molecule has 0 atom stereocenters. The molecule has 70 valence electrons. The molecule has 0 radical (unpaired) electrons. The van der Waals surface area contributed by atoms with Crippen molar-refractivity contribution in [3.05, 3.63) is 0 Å². The SMILES string of the molecule is CC(C)C(=O)NCC1CCCC1. The van der Waals surface area contributed by atoms with E-state index in [1.165, 1.54) is 25.7 Å². The van der Waals surface area contributed by atoms with Crippen molar-refractivity contribution in [1.82, 2.24) is 5.32 Å². The summed E-state index contributed by atoms with van der Waals surface area (Å²) in [5.41, 5.74) is 0. The van der Waals surface area contributed by atoms with Gasteiger partial charge in [0.2, 0.25) is 5.91 Å². The summed E-state index contributed by atoms with van der Waals surface area (Å²) >= 11 is 0. The van der Waals surface area contributed by atoms with Gasteiger partial charge in [0, 0.05) is 12.5 Å². The van der Waals surface area contributed by atoms with Crippen LogP contribution in [0.1, 0.15) is 39.5 Å². The third kappa shape index (κ3) is 2.84. The maximum absolute atomic E-state index is 11.2. The molecule has 1 fully saturated rings. The lowest BCUT2D eigenvalue weighted by atomic mass is 10.1. The van der Waals surface area contributed by atoms with Crippen LogP contribution in [0.2, 0.25) is 0 Å². The third-order valence-electron chi connectivity index (χ3n) is 2.56. The molecule has 0 aromatic heterocycles. The van der Waals surface area contributed by atoms with Crippen LogP contribution >= 0.6 is 0 Å². The quantitative estimate of drug-likeness (QED) is 0.687. The van der Waals surface area contributed by atoms with Gasteiger partial charge >= 0.3 is 0 Å². The van der Waals surface area contributed by atoms with E-state index in [1.54, 1.807) is 0 Å². The highest BCUT2D eigenvalue weighted by Gasteiger charge is 2.16. The molecule has 1 aliphatic carbocycles. The number of carbonyl (C=O) groups excluding carboxylic acids is 1. The monoisotopic (exact) mass is 169 g/mol. The topological polar surface area (TPSA) is 29.1 Å². The van der Waals surface area contributed by atoms with E-state index in [1.807, 2.05) is 13.8 Å². The number of hydrogen-bond acceptors (Lipinski definition) is 1. The summed E-state index contributed by atoms with van der Waals surface area (Å²) in [6.45, 7) is 4.77. The zero-order valence-electron chi connectivity index (χ0n) is 8.10. The van der Waals surface area contributed by atoms with E-state index in [2.05, 4.69) is 5.32 Å². The van der Waals surface area contributed by atoms with Gasteiger partial charge in [0.25, 0.3) is 0 Å². The fourth-order valence-electron chi connectivity index (χ4n) is 1.66. The average molecular weight is 169 g/mol. The molecule has 0 saturated heterocycles. The summed E-state index contributed by atoms with van der Waals surface area (Å²) in [5, 5.41) is 2.99. The molecule has 1 rings (SSSR count). The van der Waals surface area contributed by atoms with E-state index >= 15 is 0 Å². The van der Waals surface area contributed by atoms with Crippen molar-refractivity contribution in [3.63, 3.8) is 0 Å². The predicted octanol–water partition coefficient (Wildman–Crippen LogP) is 1.95. The Morgan fingerprint density at radius 2 is 2.00 bits per heavy atom. The van der Waals surface area contributed by atoms with Gasteiger partial charge in [-0.25, -0.2) is 0 Å². The Labute approximate surface area is 74.7 Å². The van der Waals surface area contributed by atoms with Crippen molar-refractivity contribution in [2.24, 2.45) is 11.8 Å². The zero-order valence-corrected chi connectivity index (χ0v) is 8.10. The third-order valence-corrected chi connectivity index (χ3v) is 2.56. The molecule has 12 heavy (non-hydrogen) atoms. The van der Waals surface area contributed by atoms with Crippen LogP contribution in [0.5, 0.6) is 0 Å². The van der Waals surface area contributed by atoms with Crippen LogP contribution in [0.15, 0.2) is 0 Å². The molecule has 1 aliphatic rings. The fourth-order valence-corrected chi connectivity index (χ4v) is 1.66. The average Bonchev–Trinajstić information content (AvgIpc) is 2.51. The molecule has 1 saturated carbocycles. The van der Waals surface area contributed by atoms with Gasteiger partial charge in [0.05, 0.1) is 0 Å². The number of hydrogen-bond donors (Lipinski definition) is 1. The molecule has 0 heterocycles. The Kier molecular flexibility index (Phi) is 3.57. The minimum absolute atomic E-state index is 0.131. The lowest BCUT2D eigenvalue weighted by Crippen LogP contribution is -2.31. The first-order valence-electron chi connectivity index (χ1n) is 4.98. The van der Waals surface area contributed by atoms with Gasteiger partial charge in [-0.05, 0) is 18.8 Å². The van der Waals surface area contributed by atoms with Crippen molar-refractivity contribution in [2.75, 3.05) is 6.54 Å². The van der Waals surface area contributed by atoms with E-state index in [-0.39, 0.29) is 11.8 Å². The summed E-state index contributed by atoms with van der Waals surface area (Å²) in [5.74, 6) is 1.08. The number of rotatable bonds is 3. The second kappa shape index (κ2) is 4.48. The van der Waals surface area contributed by atoms with Crippen LogP contribution in [0.3, 0.4) is 0 Å². The maximum Gasteiger partial charge on any atom is 0.222 e. The van der Waals surface area contributed by atoms with Gasteiger partial charge in [-0.2, -0.15) is 0 Å². The van der Waals surface area contributed by atoms with Crippen molar-refractivity contribution in [3.8, 4) is 0 Å². The van der Waals surface area contributed by atoms with E-state index in [4.69, 9.17) is 0 Å². The first-order chi connectivity index (χ1) is 5.70. The highest BCUT2D eigenvalue weighted by Crippen LogP contribution is 2.23. The van der Waals surface area contributed by atoms with Crippen molar-refractivity contribution < 1.29 is 4.79 Å². The van der Waals surface area contributed by atoms with Crippen molar-refractivity contribution in [1.29, 1.82) is 0 Å². The van der Waals surface area contributed by atoms with E-state index in [0.717, 1.165) is 12.5 Å². The van der Waals surface area contributed by atoms with Crippen molar-refractivity contribution in [2.45, 2.75) is 39.5 Å². The van der Waals surface area contributed by atoms with Gasteiger partial charge < -0.3 is 5.32 Å². The minimum Gasteiger partial charge on any atom is -0.356 e. The van der Waals surface area contributed by atoms with Crippen LogP contribution in [-0.2, 0) is 4.79 Å². The highest BCUT2D eigenvalue weighted by atomic mass is 16.1. The Morgan fingerprint density at radius 3 is 2.50 bits per heavy atom. The Hall–Kier alpha value is -0.530. The van der Waals surface area contributed by atoms with Gasteiger partial charge in [0.15, 0.2) is 0 Å². The van der Waals surface area contributed by atoms with Gasteiger partial charge in [-0.1, -0.05) is 26.7 Å². The number of carbonyl (C=O) groups is 1. The smallest absolute Gasteiger partial charge is 0.222 e. The van der Waals surface area contributed by atoms with Gasteiger partial charge in [-0.15, -0.1) is 0 Å². The molecular weight excluding hydrogens is 150 g/mol. The van der Waals surface area contributed by atoms with E-state index in [9.17, 15) is 4.79 Å². The largest absolute Gasteiger partial charge is 0.356 e. The molecule has 0 aromatic rings. The van der Waals surface area contributed by atoms with Crippen LogP contribution < -0.4 is 5.32 Å². The summed E-state index contributed by atoms with van der Waals surface area (Å²) in [6, 6.07) is 0. The number of nitrogens with one attached hydrogen (secondary N) is 1. The fraction of sp³-hybridized carbons (Fsp3) is 0.900. The van der Waals surface area contributed by atoms with Gasteiger partial charge in [-0.3, -0.25) is 4.79 Å².